The van der Waals surface area contributed by atoms with Crippen LogP contribution in [0.3, 0.4) is 0 Å². The summed E-state index contributed by atoms with van der Waals surface area (Å²) in [6.07, 6.45) is -11.3. The summed E-state index contributed by atoms with van der Waals surface area (Å²) in [4.78, 5) is -2.86. The van der Waals surface area contributed by atoms with Crippen LogP contribution < -0.4 is 4.90 Å². The maximum Gasteiger partial charge on any atom is 0.420 e. The molecule has 0 amide bonds. The molecular weight excluding hydrogens is 331 g/mol. The number of hydrogen-bond acceptors (Lipinski definition) is 1. The lowest BCUT2D eigenvalue weighted by Crippen LogP contribution is -2.49. The van der Waals surface area contributed by atoms with Crippen molar-refractivity contribution < 1.29 is 26.3 Å². The van der Waals surface area contributed by atoms with Crippen molar-refractivity contribution in [2.45, 2.75) is 17.2 Å². The zero-order chi connectivity index (χ0) is 15.1. The van der Waals surface area contributed by atoms with Crippen LogP contribution in [0.2, 0.25) is 0 Å². The lowest BCUT2D eigenvalue weighted by Gasteiger charge is -2.32. The van der Waals surface area contributed by atoms with Gasteiger partial charge in [0.15, 0.2) is 0 Å². The molecule has 0 atom stereocenters. The molecule has 1 aromatic rings. The van der Waals surface area contributed by atoms with Crippen molar-refractivity contribution >= 4 is 29.7 Å². The molecule has 1 rings (SSSR count). The number of benzene rings is 1. The van der Waals surface area contributed by atoms with Crippen molar-refractivity contribution in [1.29, 1.82) is 0 Å². The third-order valence-corrected chi connectivity index (χ3v) is 3.21. The Morgan fingerprint density at radius 3 is 1.45 bits per heavy atom. The second-order valence-electron chi connectivity index (χ2n) is 4.10. The van der Waals surface area contributed by atoms with Gasteiger partial charge in [-0.15, -0.1) is 12.4 Å². The zero-order valence-electron chi connectivity index (χ0n) is 10.3. The number of alkyl halides is 7. The second-order valence-corrected chi connectivity index (χ2v) is 4.66. The van der Waals surface area contributed by atoms with E-state index in [2.05, 4.69) is 0 Å². The summed E-state index contributed by atoms with van der Waals surface area (Å²) in [5.74, 6) is 0. The molecule has 1 aromatic carbocycles. The highest BCUT2D eigenvalue weighted by atomic mass is 35.5. The summed E-state index contributed by atoms with van der Waals surface area (Å²) in [6, 6.07) is 3.74. The Bertz CT molecular complexity index is 424. The first-order chi connectivity index (χ1) is 8.41. The Balaban J connectivity index is 0.00000361. The van der Waals surface area contributed by atoms with Crippen molar-refractivity contribution in [1.82, 2.24) is 0 Å². The van der Waals surface area contributed by atoms with Crippen molar-refractivity contribution in [2.24, 2.45) is 0 Å². The first kappa shape index (κ1) is 19.2. The van der Waals surface area contributed by atoms with E-state index in [0.29, 0.717) is 5.69 Å². The first-order valence-corrected chi connectivity index (χ1v) is 5.39. The van der Waals surface area contributed by atoms with Crippen molar-refractivity contribution in [3.63, 3.8) is 0 Å². The molecule has 0 heterocycles. The number of hydrogen-bond donors (Lipinski definition) is 0. The van der Waals surface area contributed by atoms with Gasteiger partial charge in [-0.25, -0.2) is 0 Å². The van der Waals surface area contributed by atoms with E-state index in [0.717, 1.165) is 24.3 Å². The molecular formula is C11H11Cl2F6N. The number of nitrogens with zero attached hydrogens (tertiary/aromatic N) is 1. The molecule has 0 saturated heterocycles. The van der Waals surface area contributed by atoms with E-state index in [4.69, 9.17) is 11.6 Å². The van der Waals surface area contributed by atoms with E-state index in [-0.39, 0.29) is 12.4 Å². The minimum absolute atomic E-state index is 0. The van der Waals surface area contributed by atoms with Gasteiger partial charge in [0.2, 0.25) is 0 Å². The van der Waals surface area contributed by atoms with Crippen LogP contribution in [0, 0.1) is 0 Å². The number of anilines is 1. The van der Waals surface area contributed by atoms with Crippen LogP contribution in [0.15, 0.2) is 24.3 Å². The first-order valence-electron chi connectivity index (χ1n) is 5.01. The maximum atomic E-state index is 12.7. The van der Waals surface area contributed by atoms with Crippen LogP contribution >= 0.6 is 24.0 Å². The Hall–Kier alpha value is -0.820. The van der Waals surface area contributed by atoms with Gasteiger partial charge in [0.1, 0.15) is 0 Å². The maximum absolute atomic E-state index is 12.7. The monoisotopic (exact) mass is 341 g/mol. The highest BCUT2D eigenvalue weighted by Crippen LogP contribution is 2.55. The third-order valence-electron chi connectivity index (χ3n) is 2.56. The highest BCUT2D eigenvalue weighted by molar-refractivity contribution is 6.25. The SMILES string of the molecule is CN(C)c1ccc(C(Cl)(C(F)(F)F)C(F)(F)F)cc1.Cl. The van der Waals surface area contributed by atoms with Gasteiger partial charge < -0.3 is 4.90 Å². The molecule has 0 radical (unpaired) electrons. The van der Waals surface area contributed by atoms with Gasteiger partial charge >= 0.3 is 12.4 Å². The molecule has 0 aliphatic carbocycles. The molecule has 0 aromatic heterocycles. The fraction of sp³-hybridized carbons (Fsp3) is 0.455. The van der Waals surface area contributed by atoms with Gasteiger partial charge in [0.25, 0.3) is 4.87 Å². The van der Waals surface area contributed by atoms with Crippen LogP contribution in [0.5, 0.6) is 0 Å². The smallest absolute Gasteiger partial charge is 0.378 e. The van der Waals surface area contributed by atoms with Crippen LogP contribution in [0.4, 0.5) is 32.0 Å². The van der Waals surface area contributed by atoms with E-state index < -0.39 is 22.8 Å². The molecule has 0 N–H and O–H groups in total. The van der Waals surface area contributed by atoms with Crippen molar-refractivity contribution in [2.75, 3.05) is 19.0 Å². The molecule has 0 aliphatic rings. The molecule has 20 heavy (non-hydrogen) atoms. The van der Waals surface area contributed by atoms with Crippen LogP contribution in [0.25, 0.3) is 0 Å². The fourth-order valence-electron chi connectivity index (χ4n) is 1.48. The largest absolute Gasteiger partial charge is 0.420 e. The normalized spacial score (nSPS) is 12.8. The average molecular weight is 342 g/mol. The average Bonchev–Trinajstić information content (AvgIpc) is 2.25. The Labute approximate surface area is 122 Å². The minimum Gasteiger partial charge on any atom is -0.378 e. The predicted molar refractivity (Wildman–Crippen MR) is 67.7 cm³/mol. The predicted octanol–water partition coefficient (Wildman–Crippen LogP) is 4.73. The quantitative estimate of drug-likeness (QED) is 0.555. The van der Waals surface area contributed by atoms with E-state index >= 15 is 0 Å². The fourth-order valence-corrected chi connectivity index (χ4v) is 1.60. The van der Waals surface area contributed by atoms with Crippen molar-refractivity contribution in [3.05, 3.63) is 29.8 Å². The molecule has 9 heteroatoms. The van der Waals surface area contributed by atoms with Gasteiger partial charge in [-0.05, 0) is 17.7 Å². The van der Waals surface area contributed by atoms with Gasteiger partial charge in [0, 0.05) is 19.8 Å². The Morgan fingerprint density at radius 1 is 0.850 bits per heavy atom. The molecule has 1 nitrogen and oxygen atoms in total. The summed E-state index contributed by atoms with van der Waals surface area (Å²) < 4.78 is 76.1. The summed E-state index contributed by atoms with van der Waals surface area (Å²) >= 11 is 4.89. The molecule has 0 aliphatic heterocycles. The van der Waals surface area contributed by atoms with Crippen molar-refractivity contribution in [3.8, 4) is 0 Å². The highest BCUT2D eigenvalue weighted by Gasteiger charge is 2.71. The van der Waals surface area contributed by atoms with E-state index in [1.165, 1.54) is 0 Å². The van der Waals surface area contributed by atoms with Gasteiger partial charge in [-0.1, -0.05) is 23.7 Å². The number of halogens is 8. The summed E-state index contributed by atoms with van der Waals surface area (Å²) in [7, 11) is 3.22. The molecule has 0 saturated carbocycles. The topological polar surface area (TPSA) is 3.24 Å². The zero-order valence-corrected chi connectivity index (χ0v) is 11.9. The molecule has 0 bridgehead atoms. The van der Waals surface area contributed by atoms with Crippen LogP contribution in [-0.2, 0) is 4.87 Å². The van der Waals surface area contributed by atoms with E-state index in [9.17, 15) is 26.3 Å². The standard InChI is InChI=1S/C11H10ClF6N.ClH/c1-19(2)8-5-3-7(4-6-8)9(12,10(13,14)15)11(16,17)18;/h3-6H,1-2H3;1H. The lowest BCUT2D eigenvalue weighted by molar-refractivity contribution is -0.272. The molecule has 116 valence electrons. The molecule has 0 unspecified atom stereocenters. The lowest BCUT2D eigenvalue weighted by atomic mass is 9.96. The summed E-state index contributed by atoms with van der Waals surface area (Å²) in [6.45, 7) is 0. The van der Waals surface area contributed by atoms with Gasteiger partial charge in [0.05, 0.1) is 0 Å². The summed E-state index contributed by atoms with van der Waals surface area (Å²) in [5, 5.41) is 0. The Kier molecular flexibility index (Phi) is 5.65. The van der Waals surface area contributed by atoms with Crippen LogP contribution in [0.1, 0.15) is 5.56 Å². The van der Waals surface area contributed by atoms with Gasteiger partial charge in [-0.2, -0.15) is 26.3 Å². The number of rotatable bonds is 2. The third kappa shape index (κ3) is 3.25. The summed E-state index contributed by atoms with van der Waals surface area (Å²) in [5.41, 5.74) is -0.591. The minimum atomic E-state index is -5.65. The molecule has 0 spiro atoms. The van der Waals surface area contributed by atoms with Crippen LogP contribution in [-0.4, -0.2) is 26.4 Å². The second kappa shape index (κ2) is 5.89. The van der Waals surface area contributed by atoms with Gasteiger partial charge in [-0.3, -0.25) is 0 Å². The Morgan fingerprint density at radius 2 is 1.20 bits per heavy atom. The van der Waals surface area contributed by atoms with E-state index in [1.54, 1.807) is 19.0 Å². The van der Waals surface area contributed by atoms with E-state index in [1.807, 2.05) is 0 Å². The molecule has 0 fully saturated rings.